The summed E-state index contributed by atoms with van der Waals surface area (Å²) in [6.45, 7) is 56.1. The number of carbonyl (C=O) groups is 1. The lowest BCUT2D eigenvalue weighted by Gasteiger charge is -2.51. The van der Waals surface area contributed by atoms with Crippen molar-refractivity contribution in [3.05, 3.63) is 102 Å². The van der Waals surface area contributed by atoms with Gasteiger partial charge >= 0.3 is 0 Å². The first-order valence-corrected chi connectivity index (χ1v) is 42.7. The first-order valence-electron chi connectivity index (χ1n) is 34.7. The minimum Gasteiger partial charge on any atom is -0.497 e. The molecule has 522 valence electrons. The van der Waals surface area contributed by atoms with Crippen molar-refractivity contribution in [2.24, 2.45) is 29.6 Å². The van der Waals surface area contributed by atoms with E-state index >= 15 is 4.79 Å². The number of methoxy groups -OCH3 is 2. The van der Waals surface area contributed by atoms with Gasteiger partial charge in [0.1, 0.15) is 17.3 Å². The third-order valence-electron chi connectivity index (χ3n) is 21.3. The summed E-state index contributed by atoms with van der Waals surface area (Å²) in [6, 6.07) is 26.3. The SMILES string of the molecule is COc1ccc(CO[C@H](CO[Si](C(C)C)(C(C)C)C(C)C)C[C@H]2C[C@H](C[C@@H](O[Si](C)(C)C(C)(C)C)[C@H](C)[C@@H](O)[C@@H](C)C(=O)C[C@@H](O[Si](C)(C)C(C)(C)C)[C@H](C)[C@H]3OC(C)(C)O[C@@H]([C@H](C)[C@@H](/C=C/c4ccccc4)OCc4ccc(OC)cc4)[C@@H]3C)OC(C)(C)O2)cc1. The van der Waals surface area contributed by atoms with Crippen LogP contribution in [0, 0.1) is 29.6 Å². The molecule has 92 heavy (non-hydrogen) atoms. The molecule has 2 saturated heterocycles. The van der Waals surface area contributed by atoms with Gasteiger partial charge in [0.2, 0.25) is 0 Å². The largest absolute Gasteiger partial charge is 0.497 e. The second-order valence-electron chi connectivity index (χ2n) is 32.2. The molecule has 13 nitrogen and oxygen atoms in total. The van der Waals surface area contributed by atoms with E-state index in [0.29, 0.717) is 55.7 Å². The second-order valence-corrected chi connectivity index (χ2v) is 47.1. The van der Waals surface area contributed by atoms with Crippen LogP contribution in [-0.2, 0) is 59.7 Å². The Hall–Kier alpha value is -3.08. The molecular formula is C76H128O13Si3. The van der Waals surface area contributed by atoms with Crippen molar-refractivity contribution in [1.29, 1.82) is 0 Å². The van der Waals surface area contributed by atoms with Crippen molar-refractivity contribution in [2.75, 3.05) is 20.8 Å². The highest BCUT2D eigenvalue weighted by Gasteiger charge is 2.52. The van der Waals surface area contributed by atoms with E-state index in [1.54, 1.807) is 14.2 Å². The van der Waals surface area contributed by atoms with Crippen LogP contribution < -0.4 is 9.47 Å². The monoisotopic (exact) mass is 1330 g/mol. The standard InChI is InChI=1S/C76H128O13Si3/c1-50(2)92(51(3)4,52(5)6)83-49-65(81-47-59-33-38-61(79-22)39-34-59)44-63-43-64(85-75(18,19)84-63)45-68(88-90(24,25)73(12,13)14)54(8)70(78)53(7)66(77)46-69(89-91(26,27)74(15,16)17)56(10)72-57(11)71(86-76(20,21)87-72)55(9)67(42-37-58-31-29-28-30-32-58)82-48-60-35-40-62(80-23)41-36-60/h28-42,50-57,63-65,67-72,78H,43-49H2,1-27H3/b42-37+/t53-,54-,55+,56-,57-,63+,64+,65-,67+,68+,69+,70-,71-,72+/m0/s1. The van der Waals surface area contributed by atoms with E-state index in [-0.39, 0.29) is 76.7 Å². The van der Waals surface area contributed by atoms with Crippen molar-refractivity contribution in [3.63, 3.8) is 0 Å². The summed E-state index contributed by atoms with van der Waals surface area (Å²) in [5.41, 5.74) is 4.41. The lowest BCUT2D eigenvalue weighted by Crippen LogP contribution is -2.58. The fourth-order valence-corrected chi connectivity index (χ4v) is 22.0. The van der Waals surface area contributed by atoms with Gasteiger partial charge in [-0.1, -0.05) is 184 Å². The number of ketones is 1. The number of aliphatic hydroxyl groups excluding tert-OH is 1. The minimum absolute atomic E-state index is 0.0567. The van der Waals surface area contributed by atoms with Gasteiger partial charge < -0.3 is 56.3 Å². The summed E-state index contributed by atoms with van der Waals surface area (Å²) in [7, 11) is -3.89. The molecule has 0 saturated carbocycles. The van der Waals surface area contributed by atoms with Gasteiger partial charge in [-0.05, 0) is 128 Å². The zero-order valence-electron chi connectivity index (χ0n) is 62.3. The maximum Gasteiger partial charge on any atom is 0.200 e. The highest BCUT2D eigenvalue weighted by atomic mass is 28.4. The third kappa shape index (κ3) is 21.7. The quantitative estimate of drug-likeness (QED) is 0.0568. The van der Waals surface area contributed by atoms with Crippen LogP contribution in [0.1, 0.15) is 188 Å². The fourth-order valence-electron chi connectivity index (χ4n) is 13.7. The molecule has 1 N–H and O–H groups in total. The number of ether oxygens (including phenoxy) is 8. The Morgan fingerprint density at radius 1 is 0.620 bits per heavy atom. The van der Waals surface area contributed by atoms with Crippen molar-refractivity contribution in [3.8, 4) is 11.5 Å². The Balaban J connectivity index is 1.43. The smallest absolute Gasteiger partial charge is 0.200 e. The maximum atomic E-state index is 15.4. The van der Waals surface area contributed by atoms with Gasteiger partial charge in [0, 0.05) is 48.9 Å². The Morgan fingerprint density at radius 2 is 1.07 bits per heavy atom. The molecule has 0 amide bonds. The first kappa shape index (κ1) is 79.6. The predicted molar refractivity (Wildman–Crippen MR) is 383 cm³/mol. The zero-order valence-corrected chi connectivity index (χ0v) is 65.3. The normalized spacial score (nSPS) is 23.2. The van der Waals surface area contributed by atoms with Gasteiger partial charge in [-0.3, -0.25) is 4.79 Å². The van der Waals surface area contributed by atoms with E-state index in [0.717, 1.165) is 28.2 Å². The lowest BCUT2D eigenvalue weighted by atomic mass is 9.77. The van der Waals surface area contributed by atoms with Gasteiger partial charge in [0.05, 0.1) is 89.0 Å². The van der Waals surface area contributed by atoms with Crippen LogP contribution in [0.5, 0.6) is 11.5 Å². The summed E-state index contributed by atoms with van der Waals surface area (Å²) in [4.78, 5) is 15.4. The zero-order chi connectivity index (χ0) is 69.1. The molecule has 2 fully saturated rings. The highest BCUT2D eigenvalue weighted by molar-refractivity contribution is 6.77. The number of hydrogen-bond donors (Lipinski definition) is 1. The molecule has 2 aliphatic rings. The van der Waals surface area contributed by atoms with Gasteiger partial charge in [-0.2, -0.15) is 0 Å². The number of benzene rings is 3. The van der Waals surface area contributed by atoms with Gasteiger partial charge in [-0.25, -0.2) is 0 Å². The molecule has 0 aromatic heterocycles. The maximum absolute atomic E-state index is 15.4. The Labute approximate surface area is 562 Å². The summed E-state index contributed by atoms with van der Waals surface area (Å²) in [6.07, 6.45) is 2.35. The van der Waals surface area contributed by atoms with Crippen LogP contribution in [0.25, 0.3) is 6.08 Å². The lowest BCUT2D eigenvalue weighted by molar-refractivity contribution is -0.340. The third-order valence-corrected chi connectivity index (χ3v) is 36.4. The van der Waals surface area contributed by atoms with E-state index in [1.807, 2.05) is 89.2 Å². The molecular weight excluding hydrogens is 1210 g/mol. The fraction of sp³-hybridized carbons (Fsp3) is 0.724. The van der Waals surface area contributed by atoms with E-state index in [9.17, 15) is 5.11 Å². The number of hydrogen-bond acceptors (Lipinski definition) is 13. The molecule has 0 unspecified atom stereocenters. The van der Waals surface area contributed by atoms with Crippen molar-refractivity contribution < 1.29 is 61.1 Å². The van der Waals surface area contributed by atoms with Gasteiger partial charge in [0.15, 0.2) is 36.5 Å². The molecule has 2 heterocycles. The minimum atomic E-state index is -2.51. The van der Waals surface area contributed by atoms with E-state index in [4.69, 9.17) is 51.2 Å². The van der Waals surface area contributed by atoms with Crippen LogP contribution in [0.3, 0.4) is 0 Å². The van der Waals surface area contributed by atoms with Crippen LogP contribution in [0.4, 0.5) is 0 Å². The molecule has 0 bridgehead atoms. The van der Waals surface area contributed by atoms with Crippen LogP contribution in [0.2, 0.25) is 52.9 Å². The molecule has 5 rings (SSSR count). The molecule has 14 atom stereocenters. The number of carbonyl (C=O) groups excluding carboxylic acids is 1. The van der Waals surface area contributed by atoms with Gasteiger partial charge in [0.25, 0.3) is 0 Å². The van der Waals surface area contributed by atoms with Crippen LogP contribution in [-0.4, -0.2) is 123 Å². The van der Waals surface area contributed by atoms with E-state index < -0.39 is 66.7 Å². The molecule has 0 aliphatic carbocycles. The number of Topliss-reactive ketones (excluding diaryl/α,β-unsaturated/α-hetero) is 1. The molecule has 16 heteroatoms. The van der Waals surface area contributed by atoms with E-state index in [1.165, 1.54) is 0 Å². The van der Waals surface area contributed by atoms with Crippen molar-refractivity contribution >= 4 is 36.8 Å². The summed E-state index contributed by atoms with van der Waals surface area (Å²) < 4.78 is 74.5. The molecule has 3 aromatic carbocycles. The Bertz CT molecular complexity index is 2680. The average Bonchev–Trinajstić information content (AvgIpc) is 0.804. The molecule has 0 spiro atoms. The van der Waals surface area contributed by atoms with Gasteiger partial charge in [-0.15, -0.1) is 0 Å². The van der Waals surface area contributed by atoms with E-state index in [2.05, 4.69) is 173 Å². The summed E-state index contributed by atoms with van der Waals surface area (Å²) >= 11 is 0. The molecule has 0 radical (unpaired) electrons. The predicted octanol–water partition coefficient (Wildman–Crippen LogP) is 18.6. The molecule has 2 aliphatic heterocycles. The summed E-state index contributed by atoms with van der Waals surface area (Å²) in [5, 5.41) is 12.6. The average molecular weight is 1330 g/mol. The topological polar surface area (TPSA) is 139 Å². The van der Waals surface area contributed by atoms with Crippen LogP contribution >= 0.6 is 0 Å². The van der Waals surface area contributed by atoms with Crippen molar-refractivity contribution in [2.45, 2.75) is 304 Å². The Kier molecular flexibility index (Phi) is 28.9. The summed E-state index contributed by atoms with van der Waals surface area (Å²) in [5.74, 6) is -2.03. The number of aliphatic hydroxyl groups is 1. The number of rotatable bonds is 34. The second kappa shape index (κ2) is 33.4. The first-order chi connectivity index (χ1) is 42.6. The molecule has 3 aromatic rings. The highest BCUT2D eigenvalue weighted by Crippen LogP contribution is 2.47. The van der Waals surface area contributed by atoms with Crippen molar-refractivity contribution in [1.82, 2.24) is 0 Å². The van der Waals surface area contributed by atoms with Crippen LogP contribution in [0.15, 0.2) is 84.9 Å². The Morgan fingerprint density at radius 3 is 1.53 bits per heavy atom.